The molecule has 36 heavy (non-hydrogen) atoms. The first kappa shape index (κ1) is 25.9. The van der Waals surface area contributed by atoms with E-state index in [1.165, 1.54) is 30.5 Å². The highest BCUT2D eigenvalue weighted by molar-refractivity contribution is 6.33. The van der Waals surface area contributed by atoms with Gasteiger partial charge in [-0.1, -0.05) is 30.1 Å². The zero-order valence-electron chi connectivity index (χ0n) is 19.8. The third-order valence-corrected chi connectivity index (χ3v) is 6.48. The van der Waals surface area contributed by atoms with Gasteiger partial charge in [0.2, 0.25) is 5.95 Å². The lowest BCUT2D eigenvalue weighted by atomic mass is 10.2. The van der Waals surface area contributed by atoms with E-state index in [1.54, 1.807) is 6.07 Å². The van der Waals surface area contributed by atoms with Gasteiger partial charge in [0.25, 0.3) is 0 Å². The Bertz CT molecular complexity index is 1220. The van der Waals surface area contributed by atoms with Crippen molar-refractivity contribution in [2.45, 2.75) is 19.9 Å². The van der Waals surface area contributed by atoms with Gasteiger partial charge in [0.1, 0.15) is 11.6 Å². The second kappa shape index (κ2) is 11.7. The first-order valence-corrected chi connectivity index (χ1v) is 12.4. The number of benzene rings is 2. The Morgan fingerprint density at radius 3 is 2.61 bits per heavy atom. The van der Waals surface area contributed by atoms with Gasteiger partial charge in [-0.2, -0.15) is 4.98 Å². The molecule has 0 atom stereocenters. The summed E-state index contributed by atoms with van der Waals surface area (Å²) in [6, 6.07) is 11.1. The summed E-state index contributed by atoms with van der Waals surface area (Å²) < 4.78 is 14.2. The number of carbonyl (C=O) groups is 1. The number of carboxylic acid groups (broad SMARTS) is 1. The Morgan fingerprint density at radius 1 is 1.14 bits per heavy atom. The number of nitrogens with zero attached hydrogens (tertiary/aromatic N) is 5. The number of nitrogens with one attached hydrogen (secondary N) is 1. The fourth-order valence-corrected chi connectivity index (χ4v) is 4.63. The van der Waals surface area contributed by atoms with Crippen molar-refractivity contribution in [3.63, 3.8) is 0 Å². The second-order valence-electron chi connectivity index (χ2n) is 8.46. The smallest absolute Gasteiger partial charge is 0.413 e. The van der Waals surface area contributed by atoms with Crippen LogP contribution < -0.4 is 15.1 Å². The Hall–Kier alpha value is -3.14. The van der Waals surface area contributed by atoms with Crippen molar-refractivity contribution in [3.05, 3.63) is 70.1 Å². The van der Waals surface area contributed by atoms with Crippen LogP contribution in [0.3, 0.4) is 0 Å². The maximum absolute atomic E-state index is 14.2. The van der Waals surface area contributed by atoms with Gasteiger partial charge in [-0.25, -0.2) is 14.2 Å². The summed E-state index contributed by atoms with van der Waals surface area (Å²) in [6.07, 6.45) is 1.29. The van der Waals surface area contributed by atoms with E-state index < -0.39 is 11.9 Å². The number of halogens is 3. The Kier molecular flexibility index (Phi) is 8.45. The molecule has 2 N–H and O–H groups in total. The van der Waals surface area contributed by atoms with Crippen LogP contribution in [-0.4, -0.2) is 58.8 Å². The van der Waals surface area contributed by atoms with Crippen LogP contribution in [0.15, 0.2) is 48.7 Å². The number of anilines is 4. The van der Waals surface area contributed by atoms with Gasteiger partial charge in [-0.15, -0.1) is 0 Å². The fraction of sp³-hybridized carbons (Fsp3) is 0.320. The molecular weight excluding hydrogens is 506 g/mol. The maximum Gasteiger partial charge on any atom is 0.413 e. The third-order valence-electron chi connectivity index (χ3n) is 5.94. The van der Waals surface area contributed by atoms with Crippen LogP contribution in [0.1, 0.15) is 18.9 Å². The molecule has 11 heteroatoms. The minimum Gasteiger partial charge on any atom is -0.465 e. The normalized spacial score (nSPS) is 14.1. The number of hydrogen-bond acceptors (Lipinski definition) is 6. The zero-order chi connectivity index (χ0) is 25.7. The monoisotopic (exact) mass is 532 g/mol. The van der Waals surface area contributed by atoms with Gasteiger partial charge < -0.3 is 15.3 Å². The Morgan fingerprint density at radius 2 is 1.92 bits per heavy atom. The summed E-state index contributed by atoms with van der Waals surface area (Å²) in [6.45, 7) is 6.87. The van der Waals surface area contributed by atoms with Crippen molar-refractivity contribution >= 4 is 52.4 Å². The SMILES string of the molecule is CCCN1CCN(c2ccc(Nc3nccc(N(Cc4cc(Cl)ccc4F)C(=O)O)n3)cc2Cl)CC1. The summed E-state index contributed by atoms with van der Waals surface area (Å²) in [4.78, 5) is 26.1. The number of aromatic nitrogens is 2. The topological polar surface area (TPSA) is 84.8 Å². The maximum atomic E-state index is 14.2. The molecule has 0 bridgehead atoms. The lowest BCUT2D eigenvalue weighted by molar-refractivity contribution is 0.201. The van der Waals surface area contributed by atoms with Gasteiger partial charge in [-0.3, -0.25) is 9.80 Å². The lowest BCUT2D eigenvalue weighted by Gasteiger charge is -2.36. The van der Waals surface area contributed by atoms with Crippen LogP contribution in [0.4, 0.5) is 32.3 Å². The Balaban J connectivity index is 1.47. The minimum absolute atomic E-state index is 0.0899. The van der Waals surface area contributed by atoms with E-state index in [-0.39, 0.29) is 23.9 Å². The van der Waals surface area contributed by atoms with Gasteiger partial charge >= 0.3 is 6.09 Å². The summed E-state index contributed by atoms with van der Waals surface area (Å²) in [5.41, 5.74) is 1.76. The van der Waals surface area contributed by atoms with Crippen molar-refractivity contribution in [2.75, 3.05) is 47.8 Å². The highest BCUT2D eigenvalue weighted by Crippen LogP contribution is 2.31. The zero-order valence-corrected chi connectivity index (χ0v) is 21.3. The number of rotatable bonds is 8. The molecule has 2 aromatic carbocycles. The standard InChI is InChI=1S/C25H27Cl2FN6O2/c1-2-9-32-10-12-33(13-11-32)22-6-4-19(15-20(22)27)30-24-29-8-7-23(31-24)34(25(35)36)16-17-14-18(26)3-5-21(17)28/h3-8,14-15H,2,9-13,16H2,1H3,(H,35,36)(H,29,30,31). The summed E-state index contributed by atoms with van der Waals surface area (Å²) in [5.74, 6) is -0.283. The molecule has 190 valence electrons. The molecule has 0 saturated carbocycles. The van der Waals surface area contributed by atoms with E-state index in [1.807, 2.05) is 12.1 Å². The molecule has 1 aliphatic rings. The van der Waals surface area contributed by atoms with Gasteiger partial charge in [0.15, 0.2) is 0 Å². The summed E-state index contributed by atoms with van der Waals surface area (Å²) in [5, 5.41) is 13.7. The van der Waals surface area contributed by atoms with Crippen molar-refractivity contribution in [2.24, 2.45) is 0 Å². The average Bonchev–Trinajstić information content (AvgIpc) is 2.85. The second-order valence-corrected chi connectivity index (χ2v) is 9.31. The highest BCUT2D eigenvalue weighted by atomic mass is 35.5. The van der Waals surface area contributed by atoms with Gasteiger partial charge in [-0.05, 0) is 55.4 Å². The number of amides is 1. The molecule has 1 saturated heterocycles. The third kappa shape index (κ3) is 6.34. The van der Waals surface area contributed by atoms with Crippen molar-refractivity contribution in [1.29, 1.82) is 0 Å². The van der Waals surface area contributed by atoms with E-state index in [2.05, 4.69) is 32.0 Å². The average molecular weight is 533 g/mol. The molecule has 8 nitrogen and oxygen atoms in total. The predicted octanol–water partition coefficient (Wildman–Crippen LogP) is 5.88. The van der Waals surface area contributed by atoms with Crippen molar-refractivity contribution in [1.82, 2.24) is 14.9 Å². The minimum atomic E-state index is -1.29. The molecule has 1 fully saturated rings. The summed E-state index contributed by atoms with van der Waals surface area (Å²) >= 11 is 12.5. The van der Waals surface area contributed by atoms with Crippen molar-refractivity contribution < 1.29 is 14.3 Å². The molecule has 2 heterocycles. The van der Waals surface area contributed by atoms with Crippen LogP contribution in [-0.2, 0) is 6.54 Å². The number of piperazine rings is 1. The highest BCUT2D eigenvalue weighted by Gasteiger charge is 2.20. The molecule has 0 spiro atoms. The molecule has 4 rings (SSSR count). The molecular formula is C25H27Cl2FN6O2. The van der Waals surface area contributed by atoms with Crippen LogP contribution in [0, 0.1) is 5.82 Å². The van der Waals surface area contributed by atoms with Gasteiger partial charge in [0.05, 0.1) is 17.3 Å². The molecule has 0 unspecified atom stereocenters. The molecule has 0 radical (unpaired) electrons. The Labute approximate surface area is 219 Å². The van der Waals surface area contributed by atoms with Crippen LogP contribution >= 0.6 is 23.2 Å². The van der Waals surface area contributed by atoms with Crippen LogP contribution in [0.25, 0.3) is 0 Å². The van der Waals surface area contributed by atoms with E-state index in [0.29, 0.717) is 15.7 Å². The predicted molar refractivity (Wildman–Crippen MR) is 141 cm³/mol. The molecule has 1 aromatic heterocycles. The molecule has 0 aliphatic carbocycles. The van der Waals surface area contributed by atoms with E-state index in [0.717, 1.165) is 49.7 Å². The fourth-order valence-electron chi connectivity index (χ4n) is 4.14. The quantitative estimate of drug-likeness (QED) is 0.374. The first-order chi connectivity index (χ1) is 17.3. The van der Waals surface area contributed by atoms with Crippen LogP contribution in [0.2, 0.25) is 10.0 Å². The molecule has 3 aromatic rings. The largest absolute Gasteiger partial charge is 0.465 e. The summed E-state index contributed by atoms with van der Waals surface area (Å²) in [7, 11) is 0. The van der Waals surface area contributed by atoms with E-state index in [4.69, 9.17) is 23.2 Å². The van der Waals surface area contributed by atoms with Gasteiger partial charge in [0, 0.05) is 48.6 Å². The van der Waals surface area contributed by atoms with E-state index in [9.17, 15) is 14.3 Å². The van der Waals surface area contributed by atoms with E-state index >= 15 is 0 Å². The number of hydrogen-bond donors (Lipinski definition) is 2. The van der Waals surface area contributed by atoms with Crippen molar-refractivity contribution in [3.8, 4) is 0 Å². The molecule has 1 aliphatic heterocycles. The molecule has 1 amide bonds. The van der Waals surface area contributed by atoms with Crippen LogP contribution in [0.5, 0.6) is 0 Å². The first-order valence-electron chi connectivity index (χ1n) is 11.7. The lowest BCUT2D eigenvalue weighted by Crippen LogP contribution is -2.46.